The zero-order valence-corrected chi connectivity index (χ0v) is 7.21. The van der Waals surface area contributed by atoms with Crippen LogP contribution in [0, 0.1) is 11.3 Å². The molecule has 0 unspecified atom stereocenters. The molecule has 0 saturated heterocycles. The smallest absolute Gasteiger partial charge is 0.346 e. The fraction of sp³-hybridized carbons (Fsp3) is 0.556. The van der Waals surface area contributed by atoms with Crippen molar-refractivity contribution >= 4 is 5.97 Å². The van der Waals surface area contributed by atoms with E-state index in [0.717, 1.165) is 19.3 Å². The molecule has 0 rings (SSSR count). The molecule has 0 amide bonds. The molecule has 3 nitrogen and oxygen atoms in total. The number of hydrogen-bond donors (Lipinski definition) is 1. The quantitative estimate of drug-likeness (QED) is 0.387. The van der Waals surface area contributed by atoms with E-state index in [2.05, 4.69) is 6.92 Å². The number of carboxylic acid groups (broad SMARTS) is 1. The fourth-order valence-electron chi connectivity index (χ4n) is 0.822. The maximum absolute atomic E-state index is 10.3. The molecule has 0 bridgehead atoms. The first-order valence-corrected chi connectivity index (χ1v) is 4.06. The lowest BCUT2D eigenvalue weighted by atomic mass is 10.1. The molecule has 0 aromatic heterocycles. The van der Waals surface area contributed by atoms with Crippen molar-refractivity contribution in [1.29, 1.82) is 5.26 Å². The molecule has 1 N–H and O–H groups in total. The third-order valence-corrected chi connectivity index (χ3v) is 1.51. The monoisotopic (exact) mass is 167 g/mol. The average molecular weight is 167 g/mol. The van der Waals surface area contributed by atoms with E-state index in [0.29, 0.717) is 6.42 Å². The van der Waals surface area contributed by atoms with E-state index in [1.54, 1.807) is 6.07 Å². The van der Waals surface area contributed by atoms with Gasteiger partial charge in [-0.25, -0.2) is 4.79 Å². The second kappa shape index (κ2) is 6.41. The van der Waals surface area contributed by atoms with Crippen LogP contribution in [0.4, 0.5) is 0 Å². The second-order valence-electron chi connectivity index (χ2n) is 2.53. The van der Waals surface area contributed by atoms with E-state index in [-0.39, 0.29) is 5.57 Å². The minimum Gasteiger partial charge on any atom is -0.477 e. The van der Waals surface area contributed by atoms with Crippen LogP contribution < -0.4 is 0 Å². The molecule has 0 radical (unpaired) electrons. The first-order valence-electron chi connectivity index (χ1n) is 4.06. The maximum atomic E-state index is 10.3. The van der Waals surface area contributed by atoms with Gasteiger partial charge in [-0.3, -0.25) is 0 Å². The topological polar surface area (TPSA) is 61.1 Å². The first kappa shape index (κ1) is 10.7. The highest BCUT2D eigenvalue weighted by Gasteiger charge is 2.03. The Morgan fingerprint density at radius 1 is 1.58 bits per heavy atom. The van der Waals surface area contributed by atoms with Gasteiger partial charge in [-0.05, 0) is 12.8 Å². The number of nitriles is 1. The van der Waals surface area contributed by atoms with Crippen LogP contribution in [0.3, 0.4) is 0 Å². The highest BCUT2D eigenvalue weighted by molar-refractivity contribution is 5.90. The number of carboxylic acids is 1. The van der Waals surface area contributed by atoms with Crippen molar-refractivity contribution in [2.45, 2.75) is 32.6 Å². The minimum absolute atomic E-state index is 0.147. The van der Waals surface area contributed by atoms with Gasteiger partial charge >= 0.3 is 5.97 Å². The summed E-state index contributed by atoms with van der Waals surface area (Å²) in [5.74, 6) is -1.13. The first-order chi connectivity index (χ1) is 5.72. The Morgan fingerprint density at radius 3 is 2.67 bits per heavy atom. The van der Waals surface area contributed by atoms with Crippen LogP contribution in [0.15, 0.2) is 11.6 Å². The zero-order valence-electron chi connectivity index (χ0n) is 7.21. The second-order valence-corrected chi connectivity index (χ2v) is 2.53. The van der Waals surface area contributed by atoms with Crippen molar-refractivity contribution < 1.29 is 9.90 Å². The Balaban J connectivity index is 3.81. The van der Waals surface area contributed by atoms with Gasteiger partial charge in [-0.1, -0.05) is 25.8 Å². The van der Waals surface area contributed by atoms with Gasteiger partial charge in [0.25, 0.3) is 0 Å². The summed E-state index contributed by atoms with van der Waals surface area (Å²) in [6.45, 7) is 2.08. The summed E-state index contributed by atoms with van der Waals surface area (Å²) in [6.07, 6.45) is 5.30. The summed E-state index contributed by atoms with van der Waals surface area (Å²) in [5, 5.41) is 16.8. The molecule has 0 atom stereocenters. The predicted octanol–water partition coefficient (Wildman–Crippen LogP) is 2.10. The van der Waals surface area contributed by atoms with Crippen molar-refractivity contribution in [3.8, 4) is 6.07 Å². The van der Waals surface area contributed by atoms with Gasteiger partial charge in [0.15, 0.2) is 0 Å². The van der Waals surface area contributed by atoms with Crippen molar-refractivity contribution in [2.24, 2.45) is 0 Å². The summed E-state index contributed by atoms with van der Waals surface area (Å²) in [7, 11) is 0. The molecule has 0 fully saturated rings. The molecule has 3 heteroatoms. The summed E-state index contributed by atoms with van der Waals surface area (Å²) >= 11 is 0. The van der Waals surface area contributed by atoms with Crippen LogP contribution in [0.25, 0.3) is 0 Å². The van der Waals surface area contributed by atoms with E-state index in [1.165, 1.54) is 6.08 Å². The van der Waals surface area contributed by atoms with Gasteiger partial charge in [0.2, 0.25) is 0 Å². The molecular formula is C9H13NO2. The molecule has 0 spiro atoms. The molecule has 0 aliphatic carbocycles. The molecule has 66 valence electrons. The SMILES string of the molecule is CCCCCC=C(C#N)C(=O)O. The van der Waals surface area contributed by atoms with Gasteiger partial charge in [0.05, 0.1) is 0 Å². The van der Waals surface area contributed by atoms with E-state index >= 15 is 0 Å². The molecule has 0 aliphatic heterocycles. The third-order valence-electron chi connectivity index (χ3n) is 1.51. The number of allylic oxidation sites excluding steroid dienone is 1. The zero-order chi connectivity index (χ0) is 9.40. The van der Waals surface area contributed by atoms with Crippen LogP contribution in [-0.2, 0) is 4.79 Å². The van der Waals surface area contributed by atoms with Crippen molar-refractivity contribution in [1.82, 2.24) is 0 Å². The Labute approximate surface area is 72.3 Å². The van der Waals surface area contributed by atoms with E-state index in [9.17, 15) is 4.79 Å². The largest absolute Gasteiger partial charge is 0.477 e. The number of aliphatic carboxylic acids is 1. The van der Waals surface area contributed by atoms with Crippen LogP contribution >= 0.6 is 0 Å². The Morgan fingerprint density at radius 2 is 2.25 bits per heavy atom. The molecule has 0 aliphatic rings. The van der Waals surface area contributed by atoms with Gasteiger partial charge in [-0.2, -0.15) is 5.26 Å². The van der Waals surface area contributed by atoms with Gasteiger partial charge in [-0.15, -0.1) is 0 Å². The highest BCUT2D eigenvalue weighted by Crippen LogP contribution is 2.02. The lowest BCUT2D eigenvalue weighted by Gasteiger charge is -1.92. The van der Waals surface area contributed by atoms with Crippen LogP contribution in [-0.4, -0.2) is 11.1 Å². The van der Waals surface area contributed by atoms with Gasteiger partial charge < -0.3 is 5.11 Å². The van der Waals surface area contributed by atoms with Gasteiger partial charge in [0, 0.05) is 0 Å². The standard InChI is InChI=1S/C9H13NO2/c1-2-3-4-5-6-8(7-10)9(11)12/h6H,2-5H2,1H3,(H,11,12). The molecule has 0 aromatic rings. The van der Waals surface area contributed by atoms with Crippen LogP contribution in [0.5, 0.6) is 0 Å². The Kier molecular flexibility index (Phi) is 5.72. The Hall–Kier alpha value is -1.30. The molecule has 12 heavy (non-hydrogen) atoms. The highest BCUT2D eigenvalue weighted by atomic mass is 16.4. The van der Waals surface area contributed by atoms with Gasteiger partial charge in [0.1, 0.15) is 11.6 Å². The number of hydrogen-bond acceptors (Lipinski definition) is 2. The van der Waals surface area contributed by atoms with E-state index in [4.69, 9.17) is 10.4 Å². The number of nitrogens with zero attached hydrogens (tertiary/aromatic N) is 1. The summed E-state index contributed by atoms with van der Waals surface area (Å²) in [6, 6.07) is 1.64. The van der Waals surface area contributed by atoms with Crippen LogP contribution in [0.1, 0.15) is 32.6 Å². The van der Waals surface area contributed by atoms with Crippen LogP contribution in [0.2, 0.25) is 0 Å². The molecular weight excluding hydrogens is 154 g/mol. The third kappa shape index (κ3) is 4.51. The van der Waals surface area contributed by atoms with Crippen molar-refractivity contribution in [2.75, 3.05) is 0 Å². The Bertz CT molecular complexity index is 213. The number of unbranched alkanes of at least 4 members (excludes halogenated alkanes) is 3. The lowest BCUT2D eigenvalue weighted by molar-refractivity contribution is -0.132. The van der Waals surface area contributed by atoms with Crippen molar-refractivity contribution in [3.05, 3.63) is 11.6 Å². The normalized spacial score (nSPS) is 10.8. The van der Waals surface area contributed by atoms with E-state index < -0.39 is 5.97 Å². The lowest BCUT2D eigenvalue weighted by Crippen LogP contribution is -1.97. The average Bonchev–Trinajstić information content (AvgIpc) is 2.04. The molecule has 0 saturated carbocycles. The van der Waals surface area contributed by atoms with E-state index in [1.807, 2.05) is 0 Å². The predicted molar refractivity (Wildman–Crippen MR) is 45.5 cm³/mol. The molecule has 0 aromatic carbocycles. The summed E-state index contributed by atoms with van der Waals surface area (Å²) in [5.41, 5.74) is -0.147. The number of rotatable bonds is 5. The minimum atomic E-state index is -1.13. The summed E-state index contributed by atoms with van der Waals surface area (Å²) in [4.78, 5) is 10.3. The maximum Gasteiger partial charge on any atom is 0.346 e. The molecule has 0 heterocycles. The fourth-order valence-corrected chi connectivity index (χ4v) is 0.822. The number of carbonyl (C=O) groups is 1. The van der Waals surface area contributed by atoms with Crippen molar-refractivity contribution in [3.63, 3.8) is 0 Å². The summed E-state index contributed by atoms with van der Waals surface area (Å²) < 4.78 is 0.